The standard InChI is InChI=1S/C21H24BrN5O4/c1-30-15-6-5-13(17(10-15)31-2)11-24-20-18-16(7-8-23-20)27(25-19(18)22)14-4-3-9-26(12-14)21(28)29/h5-8,10,14H,3-4,9,11-12H2,1-2H3,(H,23,24)(H,28,29). The van der Waals surface area contributed by atoms with E-state index in [-0.39, 0.29) is 6.04 Å². The number of fused-ring (bicyclic) bond motifs is 1. The Morgan fingerprint density at radius 2 is 2.16 bits per heavy atom. The normalized spacial score (nSPS) is 16.4. The molecule has 1 fully saturated rings. The highest BCUT2D eigenvalue weighted by atomic mass is 79.9. The minimum Gasteiger partial charge on any atom is -0.497 e. The van der Waals surface area contributed by atoms with Gasteiger partial charge in [0.2, 0.25) is 0 Å². The minimum absolute atomic E-state index is 0.0180. The molecule has 0 bridgehead atoms. The Bertz CT molecular complexity index is 1100. The van der Waals surface area contributed by atoms with Crippen LogP contribution in [-0.2, 0) is 6.54 Å². The average Bonchev–Trinajstić information content (AvgIpc) is 3.14. The Morgan fingerprint density at radius 1 is 1.32 bits per heavy atom. The van der Waals surface area contributed by atoms with Crippen molar-refractivity contribution in [1.29, 1.82) is 0 Å². The molecule has 0 spiro atoms. The summed E-state index contributed by atoms with van der Waals surface area (Å²) in [6, 6.07) is 7.57. The van der Waals surface area contributed by atoms with Gasteiger partial charge >= 0.3 is 6.09 Å². The monoisotopic (exact) mass is 489 g/mol. The zero-order valence-corrected chi connectivity index (χ0v) is 18.9. The van der Waals surface area contributed by atoms with Crippen LogP contribution in [0.3, 0.4) is 0 Å². The van der Waals surface area contributed by atoms with E-state index in [0.717, 1.165) is 40.8 Å². The molecule has 1 amide bonds. The number of anilines is 1. The molecule has 1 saturated heterocycles. The van der Waals surface area contributed by atoms with Crippen LogP contribution in [0, 0.1) is 0 Å². The highest BCUT2D eigenvalue weighted by molar-refractivity contribution is 9.10. The van der Waals surface area contributed by atoms with E-state index < -0.39 is 6.09 Å². The first-order valence-corrected chi connectivity index (χ1v) is 10.8. The first-order chi connectivity index (χ1) is 15.0. The van der Waals surface area contributed by atoms with Crippen LogP contribution in [0.2, 0.25) is 0 Å². The molecule has 0 saturated carbocycles. The molecule has 31 heavy (non-hydrogen) atoms. The number of piperidine rings is 1. The fourth-order valence-corrected chi connectivity index (χ4v) is 4.52. The van der Waals surface area contributed by atoms with Crippen LogP contribution in [0.25, 0.3) is 10.9 Å². The Morgan fingerprint density at radius 3 is 2.90 bits per heavy atom. The summed E-state index contributed by atoms with van der Waals surface area (Å²) in [5.74, 6) is 2.15. The molecule has 2 aromatic heterocycles. The molecule has 4 rings (SSSR count). The summed E-state index contributed by atoms with van der Waals surface area (Å²) in [7, 11) is 3.25. The van der Waals surface area contributed by atoms with Crippen molar-refractivity contribution >= 4 is 38.7 Å². The molecular formula is C21H24BrN5O4. The second kappa shape index (κ2) is 9.01. The maximum absolute atomic E-state index is 11.4. The van der Waals surface area contributed by atoms with Gasteiger partial charge in [0, 0.05) is 37.5 Å². The van der Waals surface area contributed by atoms with E-state index in [1.54, 1.807) is 20.4 Å². The van der Waals surface area contributed by atoms with E-state index in [2.05, 4.69) is 31.3 Å². The summed E-state index contributed by atoms with van der Waals surface area (Å²) in [5, 5.41) is 18.3. The molecular weight excluding hydrogens is 466 g/mol. The third-order valence-electron chi connectivity index (χ3n) is 5.53. The number of likely N-dealkylation sites (tertiary alicyclic amines) is 1. The molecule has 9 nitrogen and oxygen atoms in total. The first kappa shape index (κ1) is 21.2. The fraction of sp³-hybridized carbons (Fsp3) is 0.381. The molecule has 1 aliphatic rings. The van der Waals surface area contributed by atoms with Crippen molar-refractivity contribution < 1.29 is 19.4 Å². The van der Waals surface area contributed by atoms with Gasteiger partial charge in [-0.25, -0.2) is 9.78 Å². The zero-order chi connectivity index (χ0) is 22.0. The molecule has 164 valence electrons. The predicted octanol–water partition coefficient (Wildman–Crippen LogP) is 4.14. The second-order valence-electron chi connectivity index (χ2n) is 7.35. The third kappa shape index (κ3) is 4.25. The fourth-order valence-electron chi connectivity index (χ4n) is 3.96. The summed E-state index contributed by atoms with van der Waals surface area (Å²) in [5.41, 5.74) is 1.87. The summed E-state index contributed by atoms with van der Waals surface area (Å²) in [6.45, 7) is 1.49. The van der Waals surface area contributed by atoms with E-state index in [9.17, 15) is 9.90 Å². The van der Waals surface area contributed by atoms with E-state index in [4.69, 9.17) is 9.47 Å². The van der Waals surface area contributed by atoms with Gasteiger partial charge in [0.25, 0.3) is 0 Å². The number of benzene rings is 1. The van der Waals surface area contributed by atoms with Crippen LogP contribution < -0.4 is 14.8 Å². The zero-order valence-electron chi connectivity index (χ0n) is 17.3. The molecule has 3 heterocycles. The van der Waals surface area contributed by atoms with Crippen molar-refractivity contribution in [3.8, 4) is 11.5 Å². The van der Waals surface area contributed by atoms with Crippen molar-refractivity contribution in [2.45, 2.75) is 25.4 Å². The number of ether oxygens (including phenoxy) is 2. The Kier molecular flexibility index (Phi) is 6.17. The van der Waals surface area contributed by atoms with Gasteiger partial charge in [0.05, 0.1) is 31.2 Å². The molecule has 3 aromatic rings. The number of methoxy groups -OCH3 is 2. The summed E-state index contributed by atoms with van der Waals surface area (Å²) in [4.78, 5) is 17.4. The predicted molar refractivity (Wildman–Crippen MR) is 120 cm³/mol. The molecule has 1 aromatic carbocycles. The van der Waals surface area contributed by atoms with Gasteiger partial charge in [-0.15, -0.1) is 0 Å². The topological polar surface area (TPSA) is 102 Å². The van der Waals surface area contributed by atoms with E-state index in [1.165, 1.54) is 4.90 Å². The number of halogens is 1. The molecule has 0 radical (unpaired) electrons. The lowest BCUT2D eigenvalue weighted by atomic mass is 10.1. The molecule has 1 unspecified atom stereocenters. The lowest BCUT2D eigenvalue weighted by Gasteiger charge is -2.31. The first-order valence-electron chi connectivity index (χ1n) is 9.97. The quantitative estimate of drug-likeness (QED) is 0.536. The van der Waals surface area contributed by atoms with E-state index in [0.29, 0.717) is 30.1 Å². The van der Waals surface area contributed by atoms with Crippen molar-refractivity contribution in [2.75, 3.05) is 32.6 Å². The summed E-state index contributed by atoms with van der Waals surface area (Å²) in [6.07, 6.45) is 2.53. The summed E-state index contributed by atoms with van der Waals surface area (Å²) < 4.78 is 13.3. The third-order valence-corrected chi connectivity index (χ3v) is 6.09. The second-order valence-corrected chi connectivity index (χ2v) is 8.10. The maximum Gasteiger partial charge on any atom is 0.407 e. The molecule has 1 aliphatic heterocycles. The van der Waals surface area contributed by atoms with Crippen LogP contribution in [-0.4, -0.2) is 58.2 Å². The van der Waals surface area contributed by atoms with Gasteiger partial charge < -0.3 is 24.8 Å². The number of aromatic nitrogens is 3. The number of rotatable bonds is 6. The van der Waals surface area contributed by atoms with Gasteiger partial charge in [-0.1, -0.05) is 0 Å². The van der Waals surface area contributed by atoms with Crippen molar-refractivity contribution in [3.05, 3.63) is 40.6 Å². The number of nitrogens with zero attached hydrogens (tertiary/aromatic N) is 4. The Hall–Kier alpha value is -3.01. The van der Waals surface area contributed by atoms with Crippen molar-refractivity contribution in [3.63, 3.8) is 0 Å². The van der Waals surface area contributed by atoms with Gasteiger partial charge in [-0.05, 0) is 47.0 Å². The largest absolute Gasteiger partial charge is 0.497 e. The summed E-state index contributed by atoms with van der Waals surface area (Å²) >= 11 is 3.57. The minimum atomic E-state index is -0.891. The number of pyridine rings is 1. The number of carbonyl (C=O) groups is 1. The molecule has 1 atom stereocenters. The van der Waals surface area contributed by atoms with Crippen LogP contribution in [0.15, 0.2) is 35.1 Å². The number of hydrogen-bond donors (Lipinski definition) is 2. The number of carboxylic acid groups (broad SMARTS) is 1. The van der Waals surface area contributed by atoms with E-state index >= 15 is 0 Å². The Labute approximate surface area is 188 Å². The van der Waals surface area contributed by atoms with Crippen molar-refractivity contribution in [1.82, 2.24) is 19.7 Å². The van der Waals surface area contributed by atoms with Gasteiger partial charge in [0.1, 0.15) is 21.9 Å². The highest BCUT2D eigenvalue weighted by Gasteiger charge is 2.27. The van der Waals surface area contributed by atoms with Gasteiger partial charge in [0.15, 0.2) is 0 Å². The van der Waals surface area contributed by atoms with Crippen LogP contribution >= 0.6 is 15.9 Å². The number of hydrogen-bond acceptors (Lipinski definition) is 6. The Balaban J connectivity index is 1.61. The molecule has 10 heteroatoms. The average molecular weight is 490 g/mol. The van der Waals surface area contributed by atoms with Crippen LogP contribution in [0.1, 0.15) is 24.4 Å². The van der Waals surface area contributed by atoms with Crippen molar-refractivity contribution in [2.24, 2.45) is 0 Å². The SMILES string of the molecule is COc1ccc(CNc2nccc3c2c(Br)nn3C2CCCN(C(=O)O)C2)c(OC)c1. The number of amides is 1. The maximum atomic E-state index is 11.4. The van der Waals surface area contributed by atoms with Gasteiger partial charge in [-0.2, -0.15) is 5.10 Å². The van der Waals surface area contributed by atoms with Crippen LogP contribution in [0.4, 0.5) is 10.6 Å². The lowest BCUT2D eigenvalue weighted by Crippen LogP contribution is -2.40. The highest BCUT2D eigenvalue weighted by Crippen LogP contribution is 2.34. The molecule has 2 N–H and O–H groups in total. The van der Waals surface area contributed by atoms with E-state index in [1.807, 2.05) is 28.9 Å². The lowest BCUT2D eigenvalue weighted by molar-refractivity contribution is 0.120. The van der Waals surface area contributed by atoms with Crippen LogP contribution in [0.5, 0.6) is 11.5 Å². The smallest absolute Gasteiger partial charge is 0.407 e. The molecule has 0 aliphatic carbocycles. The number of nitrogens with one attached hydrogen (secondary N) is 1. The van der Waals surface area contributed by atoms with Gasteiger partial charge in [-0.3, -0.25) is 4.68 Å².